The van der Waals surface area contributed by atoms with Crippen LogP contribution in [0.3, 0.4) is 0 Å². The van der Waals surface area contributed by atoms with Gasteiger partial charge >= 0.3 is 6.18 Å². The normalized spacial score (nSPS) is 10.4. The van der Waals surface area contributed by atoms with Crippen molar-refractivity contribution < 1.29 is 37.8 Å². The Morgan fingerprint density at radius 2 is 1.63 bits per heavy atom. The number of carbonyl (C=O) groups excluding carboxylic acids is 2. The largest absolute Gasteiger partial charge is 0.494 e. The number of ether oxygens (including phenoxy) is 1. The van der Waals surface area contributed by atoms with Gasteiger partial charge in [0, 0.05) is 18.3 Å². The molecular formula is C19H22F3N3O5. The fraction of sp³-hybridized carbons (Fsp3) is 0.263. The van der Waals surface area contributed by atoms with Crippen molar-refractivity contribution in [2.45, 2.75) is 20.0 Å². The molecule has 0 fully saturated rings. The fourth-order valence-electron chi connectivity index (χ4n) is 2.16. The maximum absolute atomic E-state index is 12.5. The van der Waals surface area contributed by atoms with Crippen LogP contribution in [0.4, 0.5) is 30.2 Å². The third-order valence-electron chi connectivity index (χ3n) is 3.36. The summed E-state index contributed by atoms with van der Waals surface area (Å²) in [7, 11) is 0. The molecule has 0 unspecified atom stereocenters. The first-order valence-electron chi connectivity index (χ1n) is 8.63. The summed E-state index contributed by atoms with van der Waals surface area (Å²) in [6.07, 6.45) is -4.68. The molecule has 2 amide bonds. The van der Waals surface area contributed by atoms with E-state index in [0.29, 0.717) is 12.7 Å². The van der Waals surface area contributed by atoms with E-state index in [4.69, 9.17) is 15.1 Å². The van der Waals surface area contributed by atoms with Gasteiger partial charge in [0.15, 0.2) is 0 Å². The second-order valence-electron chi connectivity index (χ2n) is 5.71. The van der Waals surface area contributed by atoms with E-state index in [-0.39, 0.29) is 11.6 Å². The summed E-state index contributed by atoms with van der Waals surface area (Å²) in [5, 5.41) is 21.7. The molecule has 5 N–H and O–H groups in total. The van der Waals surface area contributed by atoms with E-state index >= 15 is 0 Å². The van der Waals surface area contributed by atoms with Crippen LogP contribution in [0.25, 0.3) is 0 Å². The number of halogens is 3. The molecule has 2 aromatic carbocycles. The predicted molar refractivity (Wildman–Crippen MR) is 104 cm³/mol. The number of alkyl halides is 3. The zero-order chi connectivity index (χ0) is 22.7. The third-order valence-corrected chi connectivity index (χ3v) is 3.36. The Balaban J connectivity index is 0.000000311. The molecule has 164 valence electrons. The average molecular weight is 429 g/mol. The summed E-state index contributed by atoms with van der Waals surface area (Å²) < 4.78 is 42.8. The Morgan fingerprint density at radius 3 is 2.10 bits per heavy atom. The molecule has 11 heteroatoms. The lowest BCUT2D eigenvalue weighted by atomic mass is 10.1. The van der Waals surface area contributed by atoms with Crippen LogP contribution in [0, 0.1) is 0 Å². The number of hydrogen-bond donors (Lipinski definition) is 5. The van der Waals surface area contributed by atoms with Crippen molar-refractivity contribution in [3.05, 3.63) is 48.0 Å². The third kappa shape index (κ3) is 8.37. The van der Waals surface area contributed by atoms with Crippen LogP contribution in [0.2, 0.25) is 0 Å². The minimum absolute atomic E-state index is 0.0656. The number of aliphatic hydroxyl groups is 1. The Labute approximate surface area is 170 Å². The van der Waals surface area contributed by atoms with Gasteiger partial charge in [-0.1, -0.05) is 0 Å². The molecule has 0 aliphatic heterocycles. The maximum Gasteiger partial charge on any atom is 0.418 e. The fourth-order valence-corrected chi connectivity index (χ4v) is 2.16. The van der Waals surface area contributed by atoms with Crippen molar-refractivity contribution in [3.8, 4) is 5.75 Å². The lowest BCUT2D eigenvalue weighted by Crippen LogP contribution is -2.16. The second kappa shape index (κ2) is 11.6. The Kier molecular flexibility index (Phi) is 9.59. The topological polar surface area (TPSA) is 120 Å². The zero-order valence-corrected chi connectivity index (χ0v) is 16.2. The Hall–Kier alpha value is -3.31. The smallest absolute Gasteiger partial charge is 0.418 e. The molecule has 0 aromatic heterocycles. The van der Waals surface area contributed by atoms with Gasteiger partial charge in [0.1, 0.15) is 12.4 Å². The quantitative estimate of drug-likeness (QED) is 0.449. The number of rotatable bonds is 6. The minimum atomic E-state index is -4.68. The van der Waals surface area contributed by atoms with Crippen molar-refractivity contribution in [3.63, 3.8) is 0 Å². The van der Waals surface area contributed by atoms with Crippen molar-refractivity contribution in [2.75, 3.05) is 29.3 Å². The van der Waals surface area contributed by atoms with E-state index in [1.165, 1.54) is 12.4 Å². The molecule has 2 aromatic rings. The van der Waals surface area contributed by atoms with E-state index in [1.807, 2.05) is 31.2 Å². The van der Waals surface area contributed by atoms with Gasteiger partial charge in [0.05, 0.1) is 17.9 Å². The first kappa shape index (κ1) is 24.7. The maximum atomic E-state index is 12.5. The van der Waals surface area contributed by atoms with Gasteiger partial charge in [-0.3, -0.25) is 20.3 Å². The molecule has 0 spiro atoms. The highest BCUT2D eigenvalue weighted by Crippen LogP contribution is 2.36. The summed E-state index contributed by atoms with van der Waals surface area (Å²) in [6.45, 7) is 3.24. The molecule has 8 nitrogen and oxygen atoms in total. The van der Waals surface area contributed by atoms with Crippen molar-refractivity contribution in [1.82, 2.24) is 0 Å². The second-order valence-corrected chi connectivity index (χ2v) is 5.71. The molecular weight excluding hydrogens is 407 g/mol. The van der Waals surface area contributed by atoms with Gasteiger partial charge in [0.25, 0.3) is 0 Å². The number of hydrogen-bond acceptors (Lipinski definition) is 6. The van der Waals surface area contributed by atoms with Crippen LogP contribution in [0.15, 0.2) is 42.5 Å². The molecule has 2 rings (SSSR count). The SMILES string of the molecule is CCOc1ccc(NC(C)=O)cc1.O=C(CO)Nc1ccc(NO)c(C(F)(F)F)c1. The number of aliphatic hydroxyl groups excluding tert-OH is 1. The first-order chi connectivity index (χ1) is 14.1. The van der Waals surface area contributed by atoms with Crippen LogP contribution < -0.4 is 20.9 Å². The van der Waals surface area contributed by atoms with Crippen LogP contribution in [0.1, 0.15) is 19.4 Å². The van der Waals surface area contributed by atoms with Gasteiger partial charge < -0.3 is 20.5 Å². The molecule has 0 radical (unpaired) electrons. The van der Waals surface area contributed by atoms with Crippen LogP contribution >= 0.6 is 0 Å². The standard InChI is InChI=1S/C10H13NO2.C9H9F3N2O3/c1-3-13-10-6-4-9(5-7-10)11-8(2)12;10-9(11,12)6-3-5(13-8(16)4-15)1-2-7(6)14-17/h4-7H,3H2,1-2H3,(H,11,12);1-3,14-15,17H,4H2,(H,13,16). The number of carbonyl (C=O) groups is 2. The van der Waals surface area contributed by atoms with E-state index < -0.39 is 29.9 Å². The van der Waals surface area contributed by atoms with Crippen LogP contribution in [0.5, 0.6) is 5.75 Å². The van der Waals surface area contributed by atoms with Crippen molar-refractivity contribution in [2.24, 2.45) is 0 Å². The summed E-state index contributed by atoms with van der Waals surface area (Å²) in [4.78, 5) is 21.5. The highest BCUT2D eigenvalue weighted by molar-refractivity contribution is 5.92. The molecule has 0 aliphatic rings. The number of benzene rings is 2. The van der Waals surface area contributed by atoms with E-state index in [9.17, 15) is 22.8 Å². The lowest BCUT2D eigenvalue weighted by Gasteiger charge is -2.13. The minimum Gasteiger partial charge on any atom is -0.494 e. The van der Waals surface area contributed by atoms with E-state index in [1.54, 1.807) is 0 Å². The van der Waals surface area contributed by atoms with Gasteiger partial charge in [-0.05, 0) is 49.4 Å². The highest BCUT2D eigenvalue weighted by Gasteiger charge is 2.34. The summed E-state index contributed by atoms with van der Waals surface area (Å²) >= 11 is 0. The number of anilines is 3. The molecule has 0 saturated carbocycles. The first-order valence-corrected chi connectivity index (χ1v) is 8.63. The number of amides is 2. The Bertz CT molecular complexity index is 842. The highest BCUT2D eigenvalue weighted by atomic mass is 19.4. The van der Waals surface area contributed by atoms with Crippen molar-refractivity contribution >= 4 is 28.9 Å². The molecule has 0 saturated heterocycles. The molecule has 0 aliphatic carbocycles. The van der Waals surface area contributed by atoms with Crippen LogP contribution in [-0.4, -0.2) is 35.3 Å². The van der Waals surface area contributed by atoms with Crippen LogP contribution in [-0.2, 0) is 15.8 Å². The average Bonchev–Trinajstić information content (AvgIpc) is 2.69. The summed E-state index contributed by atoms with van der Waals surface area (Å²) in [6, 6.07) is 10.0. The summed E-state index contributed by atoms with van der Waals surface area (Å²) in [5.74, 6) is -0.0800. The Morgan fingerprint density at radius 1 is 1.03 bits per heavy atom. The van der Waals surface area contributed by atoms with Gasteiger partial charge in [-0.2, -0.15) is 13.2 Å². The van der Waals surface area contributed by atoms with Gasteiger partial charge in [0.2, 0.25) is 11.8 Å². The molecule has 0 heterocycles. The predicted octanol–water partition coefficient (Wildman–Crippen LogP) is 3.48. The van der Waals surface area contributed by atoms with Crippen molar-refractivity contribution in [1.29, 1.82) is 0 Å². The lowest BCUT2D eigenvalue weighted by molar-refractivity contribution is -0.137. The molecule has 30 heavy (non-hydrogen) atoms. The monoisotopic (exact) mass is 429 g/mol. The van der Waals surface area contributed by atoms with E-state index in [2.05, 4.69) is 10.6 Å². The number of nitrogens with one attached hydrogen (secondary N) is 3. The summed E-state index contributed by atoms with van der Waals surface area (Å²) in [5.41, 5.74) is 0.416. The van der Waals surface area contributed by atoms with Gasteiger partial charge in [-0.25, -0.2) is 0 Å². The van der Waals surface area contributed by atoms with Gasteiger partial charge in [-0.15, -0.1) is 0 Å². The molecule has 0 bridgehead atoms. The zero-order valence-electron chi connectivity index (χ0n) is 16.2. The molecule has 0 atom stereocenters. The van der Waals surface area contributed by atoms with E-state index in [0.717, 1.165) is 23.6 Å².